The molecule has 3 aliphatic heterocycles. The average Bonchev–Trinajstić information content (AvgIpc) is 4.26. The number of nitrogens with zero attached hydrogens (tertiary/aromatic N) is 7. The van der Waals surface area contributed by atoms with Crippen LogP contribution < -0.4 is 15.4 Å². The Morgan fingerprint density at radius 1 is 0.712 bits per heavy atom. The van der Waals surface area contributed by atoms with Crippen LogP contribution in [0.15, 0.2) is 79.1 Å². The number of benzene rings is 3. The Kier molecular flexibility index (Phi) is 13.1. The van der Waals surface area contributed by atoms with Crippen molar-refractivity contribution < 1.29 is 33.4 Å². The van der Waals surface area contributed by atoms with E-state index in [1.54, 1.807) is 6.20 Å². The third kappa shape index (κ3) is 8.96. The lowest BCUT2D eigenvalue weighted by Gasteiger charge is -2.31. The molecule has 3 aromatic carbocycles. The molecule has 0 bridgehead atoms. The molecule has 0 spiro atoms. The smallest absolute Gasteiger partial charge is 0.407 e. The van der Waals surface area contributed by atoms with Crippen LogP contribution in [0.3, 0.4) is 0 Å². The van der Waals surface area contributed by atoms with E-state index in [-0.39, 0.29) is 35.7 Å². The third-order valence-corrected chi connectivity index (χ3v) is 14.9. The van der Waals surface area contributed by atoms with Crippen LogP contribution in [-0.2, 0) is 26.1 Å². The van der Waals surface area contributed by atoms with Crippen LogP contribution in [0, 0.1) is 25.7 Å². The third-order valence-electron chi connectivity index (χ3n) is 14.9. The van der Waals surface area contributed by atoms with E-state index in [4.69, 9.17) is 24.2 Å². The van der Waals surface area contributed by atoms with Crippen molar-refractivity contribution >= 4 is 34.9 Å². The highest BCUT2D eigenvalue weighted by Gasteiger charge is 2.39. The normalized spacial score (nSPS) is 18.2. The molecule has 3 aliphatic rings. The number of methoxy groups -OCH3 is 2. The molecule has 4 aromatic heterocycles. The van der Waals surface area contributed by atoms with E-state index in [1.165, 1.54) is 14.2 Å². The van der Waals surface area contributed by atoms with Crippen molar-refractivity contribution in [1.82, 2.24) is 54.7 Å². The van der Waals surface area contributed by atoms with Crippen LogP contribution in [0.1, 0.15) is 100 Å². The number of alkyl carbamates (subject to hydrolysis) is 2. The molecular formula is C55H63N11O7. The monoisotopic (exact) mass is 989 g/mol. The molecule has 0 radical (unpaired) electrons. The second-order valence-corrected chi connectivity index (χ2v) is 20.1. The predicted molar refractivity (Wildman–Crippen MR) is 275 cm³/mol. The molecule has 4 N–H and O–H groups in total. The van der Waals surface area contributed by atoms with Crippen LogP contribution >= 0.6 is 0 Å². The quantitative estimate of drug-likeness (QED) is 0.0913. The number of carbonyl (C=O) groups excluding carboxylic acids is 4. The second-order valence-electron chi connectivity index (χ2n) is 20.1. The van der Waals surface area contributed by atoms with Crippen molar-refractivity contribution in [1.29, 1.82) is 0 Å². The first-order valence-corrected chi connectivity index (χ1v) is 25.1. The van der Waals surface area contributed by atoms with Gasteiger partial charge in [-0.25, -0.2) is 19.6 Å². The summed E-state index contributed by atoms with van der Waals surface area (Å²) in [5.74, 6) is 1.48. The predicted octanol–water partition coefficient (Wildman–Crippen LogP) is 9.13. The van der Waals surface area contributed by atoms with Crippen molar-refractivity contribution in [2.75, 3.05) is 27.3 Å². The molecule has 2 fully saturated rings. The summed E-state index contributed by atoms with van der Waals surface area (Å²) in [5.41, 5.74) is 11.5. The average molecular weight is 990 g/mol. The van der Waals surface area contributed by atoms with E-state index in [2.05, 4.69) is 97.9 Å². The maximum absolute atomic E-state index is 13.9. The summed E-state index contributed by atoms with van der Waals surface area (Å²) in [7, 11) is 4.55. The first kappa shape index (κ1) is 48.7. The number of imidazole rings is 2. The minimum atomic E-state index is -0.733. The van der Waals surface area contributed by atoms with Crippen molar-refractivity contribution in [3.8, 4) is 50.6 Å². The van der Waals surface area contributed by atoms with E-state index < -0.39 is 30.5 Å². The molecule has 2 saturated heterocycles. The minimum absolute atomic E-state index is 0.139. The molecular weight excluding hydrogens is 927 g/mol. The minimum Gasteiger partial charge on any atom is -0.465 e. The lowest BCUT2D eigenvalue weighted by atomic mass is 10.0. The molecule has 10 rings (SSSR count). The summed E-state index contributed by atoms with van der Waals surface area (Å²) in [4.78, 5) is 72.5. The number of H-pyrrole nitrogens is 2. The molecule has 5 atom stereocenters. The molecule has 0 saturated carbocycles. The number of nitrogens with one attached hydrogen (secondary N) is 4. The summed E-state index contributed by atoms with van der Waals surface area (Å²) in [6, 6.07) is 21.3. The fourth-order valence-corrected chi connectivity index (χ4v) is 10.9. The first-order valence-electron chi connectivity index (χ1n) is 25.1. The number of amides is 4. The highest BCUT2D eigenvalue weighted by Crippen LogP contribution is 2.47. The number of fused-ring (bicyclic) bond motifs is 5. The fraction of sp³-hybridized carbons (Fsp3) is 0.400. The van der Waals surface area contributed by atoms with Crippen molar-refractivity contribution in [2.24, 2.45) is 18.9 Å². The number of aromatic nitrogens is 7. The van der Waals surface area contributed by atoms with E-state index >= 15 is 0 Å². The molecule has 380 valence electrons. The zero-order chi connectivity index (χ0) is 51.4. The van der Waals surface area contributed by atoms with Crippen LogP contribution in [0.4, 0.5) is 9.59 Å². The number of hydrogen-bond acceptors (Lipinski definition) is 10. The zero-order valence-electron chi connectivity index (χ0n) is 42.8. The van der Waals surface area contributed by atoms with E-state index in [0.717, 1.165) is 98.4 Å². The Hall–Kier alpha value is -7.89. The van der Waals surface area contributed by atoms with Gasteiger partial charge in [0.15, 0.2) is 0 Å². The lowest BCUT2D eigenvalue weighted by molar-refractivity contribution is -0.136. The molecule has 18 heteroatoms. The summed E-state index contributed by atoms with van der Waals surface area (Å²) in [6.45, 7) is 12.8. The summed E-state index contributed by atoms with van der Waals surface area (Å²) >= 11 is 0. The Balaban J connectivity index is 0.980. The van der Waals surface area contributed by atoms with Gasteiger partial charge in [-0.1, -0.05) is 64.1 Å². The largest absolute Gasteiger partial charge is 0.465 e. The summed E-state index contributed by atoms with van der Waals surface area (Å²) < 4.78 is 20.9. The molecule has 18 nitrogen and oxygen atoms in total. The number of aromatic amines is 2. The van der Waals surface area contributed by atoms with Crippen LogP contribution in [-0.4, -0.2) is 107 Å². The van der Waals surface area contributed by atoms with Gasteiger partial charge >= 0.3 is 12.2 Å². The van der Waals surface area contributed by atoms with Crippen molar-refractivity contribution in [3.63, 3.8) is 0 Å². The molecule has 0 aliphatic carbocycles. The van der Waals surface area contributed by atoms with E-state index in [0.29, 0.717) is 30.5 Å². The van der Waals surface area contributed by atoms with Gasteiger partial charge in [-0.3, -0.25) is 14.3 Å². The first-order chi connectivity index (χ1) is 35.1. The van der Waals surface area contributed by atoms with Crippen molar-refractivity contribution in [3.05, 3.63) is 108 Å². The van der Waals surface area contributed by atoms with Gasteiger partial charge in [0, 0.05) is 59.0 Å². The lowest BCUT2D eigenvalue weighted by Crippen LogP contribution is -2.51. The van der Waals surface area contributed by atoms with Crippen LogP contribution in [0.5, 0.6) is 5.75 Å². The number of likely N-dealkylation sites (tertiary alicyclic amines) is 2. The molecule has 7 heterocycles. The maximum atomic E-state index is 13.9. The summed E-state index contributed by atoms with van der Waals surface area (Å²) in [6.07, 6.45) is 4.93. The molecule has 1 unspecified atom stereocenters. The fourth-order valence-electron chi connectivity index (χ4n) is 10.9. The SMILES string of the molecule is COC(=O)N[C@H](C(=O)N1CCC[C@H]1c1ncc(-c2ccc3c(c2)OC(c2ccc(-c4c(C)nn(C)c4C)cc2)n2c-3cc3cc(-c4cnc([C@@H]5CCCN5C(=O)[C@@H](NC(=O)OC)C(C)C)[nH]4)ccc32)[nH]1)C(C)C. The Labute approximate surface area is 423 Å². The number of carbonyl (C=O) groups is 4. The number of ether oxygens (including phenoxy) is 3. The van der Waals surface area contributed by atoms with Gasteiger partial charge in [0.1, 0.15) is 29.5 Å². The Bertz CT molecular complexity index is 3240. The van der Waals surface area contributed by atoms with E-state index in [1.807, 2.05) is 68.4 Å². The van der Waals surface area contributed by atoms with E-state index in [9.17, 15) is 19.2 Å². The highest BCUT2D eigenvalue weighted by atomic mass is 16.5. The second kappa shape index (κ2) is 19.6. The van der Waals surface area contributed by atoms with Crippen molar-refractivity contribution in [2.45, 2.75) is 97.6 Å². The number of hydrogen-bond donors (Lipinski definition) is 4. The maximum Gasteiger partial charge on any atom is 0.407 e. The Morgan fingerprint density at radius 3 is 1.77 bits per heavy atom. The molecule has 4 amide bonds. The van der Waals surface area contributed by atoms with Crippen LogP contribution in [0.2, 0.25) is 0 Å². The standard InChI is InChI=1S/C55H63N11O7/c1-29(2)47(60-54(69)71-8)51(67)64-22-10-12-42(64)49-56-27-39(58-49)35-19-21-41-37(24-35)25-44-38-20-18-36(40-28-57-50(59-40)43-13-11-23-65(43)52(68)48(30(3)4)61-55(70)72-9)26-45(38)73-53(66(41)44)34-16-14-33(15-17-34)46-31(5)62-63(7)32(46)6/h14-21,24-30,42-43,47-48,53H,10-13,22-23H2,1-9H3,(H,56,58)(H,57,59)(H,60,69)(H,61,70)/t42-,43-,47-,48-,53?/m0/s1. The van der Waals surface area contributed by atoms with Gasteiger partial charge in [-0.2, -0.15) is 5.10 Å². The van der Waals surface area contributed by atoms with Crippen LogP contribution in [0.25, 0.3) is 55.8 Å². The van der Waals surface area contributed by atoms with Gasteiger partial charge in [0.05, 0.1) is 67.0 Å². The highest BCUT2D eigenvalue weighted by molar-refractivity contribution is 5.93. The number of rotatable bonds is 12. The molecule has 73 heavy (non-hydrogen) atoms. The van der Waals surface area contributed by atoms with Gasteiger partial charge in [0.2, 0.25) is 18.0 Å². The van der Waals surface area contributed by atoms with Gasteiger partial charge in [0.25, 0.3) is 0 Å². The summed E-state index contributed by atoms with van der Waals surface area (Å²) in [5, 5.41) is 11.1. The number of aryl methyl sites for hydroxylation is 2. The molecule has 7 aromatic rings. The van der Waals surface area contributed by atoms with Gasteiger partial charge in [-0.15, -0.1) is 0 Å². The van der Waals surface area contributed by atoms with Gasteiger partial charge in [-0.05, 0) is 87.3 Å². The van der Waals surface area contributed by atoms with Gasteiger partial charge < -0.3 is 49.2 Å². The topological polar surface area (TPSA) is 207 Å². The zero-order valence-corrected chi connectivity index (χ0v) is 42.8. The Morgan fingerprint density at radius 2 is 1.25 bits per heavy atom.